The van der Waals surface area contributed by atoms with Crippen LogP contribution in [0.15, 0.2) is 0 Å². The number of carbonyl (C=O) groups is 1. The Kier molecular flexibility index (Phi) is 4.00. The number of aliphatic carboxylic acids is 1. The van der Waals surface area contributed by atoms with E-state index in [2.05, 4.69) is 18.7 Å². The Labute approximate surface area is 111 Å². The zero-order valence-electron chi connectivity index (χ0n) is 12.0. The van der Waals surface area contributed by atoms with Crippen molar-refractivity contribution in [3.05, 3.63) is 0 Å². The maximum Gasteiger partial charge on any atom is 0.323 e. The normalized spacial score (nSPS) is 38.2. The van der Waals surface area contributed by atoms with E-state index in [4.69, 9.17) is 0 Å². The predicted octanol–water partition coefficient (Wildman–Crippen LogP) is 3.14. The summed E-state index contributed by atoms with van der Waals surface area (Å²) in [4.78, 5) is 13.8. The van der Waals surface area contributed by atoms with Crippen molar-refractivity contribution < 1.29 is 9.90 Å². The fourth-order valence-electron chi connectivity index (χ4n) is 3.89. The lowest BCUT2D eigenvalue weighted by atomic mass is 9.78. The van der Waals surface area contributed by atoms with E-state index in [1.54, 1.807) is 0 Å². The Hall–Kier alpha value is -0.570. The molecule has 1 aliphatic heterocycles. The van der Waals surface area contributed by atoms with Crippen molar-refractivity contribution in [2.24, 2.45) is 11.8 Å². The van der Waals surface area contributed by atoms with Crippen LogP contribution < -0.4 is 0 Å². The van der Waals surface area contributed by atoms with Gasteiger partial charge in [-0.05, 0) is 51.0 Å². The Morgan fingerprint density at radius 1 is 1.33 bits per heavy atom. The van der Waals surface area contributed by atoms with Gasteiger partial charge in [0.1, 0.15) is 5.54 Å². The van der Waals surface area contributed by atoms with E-state index in [0.717, 1.165) is 31.2 Å². The third-order valence-electron chi connectivity index (χ3n) is 5.23. The lowest BCUT2D eigenvalue weighted by Crippen LogP contribution is -2.53. The van der Waals surface area contributed by atoms with Crippen LogP contribution in [0.5, 0.6) is 0 Å². The van der Waals surface area contributed by atoms with Gasteiger partial charge in [-0.2, -0.15) is 0 Å². The molecule has 1 aliphatic carbocycles. The number of likely N-dealkylation sites (tertiary alicyclic amines) is 1. The maximum absolute atomic E-state index is 11.6. The highest BCUT2D eigenvalue weighted by molar-refractivity contribution is 5.78. The average molecular weight is 253 g/mol. The van der Waals surface area contributed by atoms with Gasteiger partial charge >= 0.3 is 5.97 Å². The lowest BCUT2D eigenvalue weighted by molar-refractivity contribution is -0.150. The van der Waals surface area contributed by atoms with E-state index in [0.29, 0.717) is 6.04 Å². The van der Waals surface area contributed by atoms with E-state index in [9.17, 15) is 9.90 Å². The van der Waals surface area contributed by atoms with Crippen LogP contribution >= 0.6 is 0 Å². The second-order valence-electron chi connectivity index (χ2n) is 6.70. The van der Waals surface area contributed by atoms with Crippen molar-refractivity contribution in [1.82, 2.24) is 4.90 Å². The number of rotatable bonds is 3. The van der Waals surface area contributed by atoms with Crippen LogP contribution in [0.2, 0.25) is 0 Å². The van der Waals surface area contributed by atoms with Gasteiger partial charge in [0, 0.05) is 6.04 Å². The van der Waals surface area contributed by atoms with Crippen LogP contribution in [-0.2, 0) is 4.79 Å². The molecular weight excluding hydrogens is 226 g/mol. The molecule has 2 fully saturated rings. The molecule has 3 atom stereocenters. The van der Waals surface area contributed by atoms with Gasteiger partial charge in [-0.3, -0.25) is 9.69 Å². The first-order valence-electron chi connectivity index (χ1n) is 7.45. The molecule has 0 bridgehead atoms. The van der Waals surface area contributed by atoms with Gasteiger partial charge in [0.2, 0.25) is 0 Å². The van der Waals surface area contributed by atoms with Crippen molar-refractivity contribution in [3.63, 3.8) is 0 Å². The smallest absolute Gasteiger partial charge is 0.323 e. The molecule has 3 nitrogen and oxygen atoms in total. The molecule has 1 saturated carbocycles. The van der Waals surface area contributed by atoms with Crippen molar-refractivity contribution in [2.45, 2.75) is 70.9 Å². The van der Waals surface area contributed by atoms with Crippen LogP contribution in [0.4, 0.5) is 0 Å². The third kappa shape index (κ3) is 2.42. The monoisotopic (exact) mass is 253 g/mol. The minimum atomic E-state index is -0.633. The summed E-state index contributed by atoms with van der Waals surface area (Å²) in [5.74, 6) is 0.876. The molecule has 0 aromatic heterocycles. The third-order valence-corrected chi connectivity index (χ3v) is 5.23. The molecule has 3 heteroatoms. The summed E-state index contributed by atoms with van der Waals surface area (Å²) < 4.78 is 0. The molecule has 18 heavy (non-hydrogen) atoms. The van der Waals surface area contributed by atoms with Crippen molar-refractivity contribution >= 4 is 5.97 Å². The molecular formula is C15H27NO2. The van der Waals surface area contributed by atoms with Crippen molar-refractivity contribution in [3.8, 4) is 0 Å². The van der Waals surface area contributed by atoms with Gasteiger partial charge in [-0.25, -0.2) is 0 Å². The zero-order chi connectivity index (χ0) is 13.3. The summed E-state index contributed by atoms with van der Waals surface area (Å²) in [6, 6.07) is 0.495. The molecule has 104 valence electrons. The molecule has 0 aromatic rings. The maximum atomic E-state index is 11.6. The summed E-state index contributed by atoms with van der Waals surface area (Å²) in [5.41, 5.74) is -0.608. The first-order valence-corrected chi connectivity index (χ1v) is 7.45. The molecule has 3 unspecified atom stereocenters. The second-order valence-corrected chi connectivity index (χ2v) is 6.70. The lowest BCUT2D eigenvalue weighted by Gasteiger charge is -2.42. The Bertz CT molecular complexity index is 316. The minimum absolute atomic E-state index is 0.495. The molecule has 2 rings (SSSR count). The van der Waals surface area contributed by atoms with Crippen LogP contribution in [0.1, 0.15) is 59.3 Å². The number of carboxylic acid groups (broad SMARTS) is 1. The first kappa shape index (κ1) is 13.9. The average Bonchev–Trinajstić information content (AvgIpc) is 2.73. The molecule has 0 aromatic carbocycles. The van der Waals surface area contributed by atoms with Gasteiger partial charge < -0.3 is 5.11 Å². The SMILES string of the molecule is CC(C)C1CCCC(N2CCCC2(C)C(=O)O)C1. The van der Waals surface area contributed by atoms with Crippen LogP contribution in [-0.4, -0.2) is 34.1 Å². The zero-order valence-corrected chi connectivity index (χ0v) is 12.0. The molecule has 0 spiro atoms. The van der Waals surface area contributed by atoms with Gasteiger partial charge in [0.25, 0.3) is 0 Å². The van der Waals surface area contributed by atoms with Crippen LogP contribution in [0.3, 0.4) is 0 Å². The van der Waals surface area contributed by atoms with Gasteiger partial charge in [-0.1, -0.05) is 26.7 Å². The summed E-state index contributed by atoms with van der Waals surface area (Å²) >= 11 is 0. The highest BCUT2D eigenvalue weighted by Crippen LogP contribution is 2.39. The molecule has 2 aliphatic rings. The van der Waals surface area contributed by atoms with Gasteiger partial charge in [0.15, 0.2) is 0 Å². The largest absolute Gasteiger partial charge is 0.480 e. The van der Waals surface area contributed by atoms with E-state index in [1.807, 2.05) is 6.92 Å². The van der Waals surface area contributed by atoms with E-state index in [-0.39, 0.29) is 0 Å². The highest BCUT2D eigenvalue weighted by atomic mass is 16.4. The molecule has 1 saturated heterocycles. The molecule has 0 amide bonds. The molecule has 1 N–H and O–H groups in total. The Balaban J connectivity index is 2.08. The van der Waals surface area contributed by atoms with E-state index < -0.39 is 11.5 Å². The number of nitrogens with zero attached hydrogens (tertiary/aromatic N) is 1. The Morgan fingerprint density at radius 2 is 2.06 bits per heavy atom. The fraction of sp³-hybridized carbons (Fsp3) is 0.933. The summed E-state index contributed by atoms with van der Waals surface area (Å²) in [6.07, 6.45) is 6.81. The summed E-state index contributed by atoms with van der Waals surface area (Å²) in [6.45, 7) is 7.49. The van der Waals surface area contributed by atoms with Crippen LogP contribution in [0, 0.1) is 11.8 Å². The topological polar surface area (TPSA) is 40.5 Å². The van der Waals surface area contributed by atoms with Crippen molar-refractivity contribution in [1.29, 1.82) is 0 Å². The quantitative estimate of drug-likeness (QED) is 0.840. The molecule has 1 heterocycles. The first-order chi connectivity index (χ1) is 8.45. The molecule has 0 radical (unpaired) electrons. The van der Waals surface area contributed by atoms with E-state index in [1.165, 1.54) is 25.7 Å². The summed E-state index contributed by atoms with van der Waals surface area (Å²) in [7, 11) is 0. The highest BCUT2D eigenvalue weighted by Gasteiger charge is 2.47. The van der Waals surface area contributed by atoms with Gasteiger partial charge in [0.05, 0.1) is 0 Å². The number of carboxylic acids is 1. The number of hydrogen-bond donors (Lipinski definition) is 1. The van der Waals surface area contributed by atoms with Crippen molar-refractivity contribution in [2.75, 3.05) is 6.54 Å². The standard InChI is InChI=1S/C15H27NO2/c1-11(2)12-6-4-7-13(10-12)16-9-5-8-15(16,3)14(17)18/h11-13H,4-10H2,1-3H3,(H,17,18). The van der Waals surface area contributed by atoms with E-state index >= 15 is 0 Å². The fourth-order valence-corrected chi connectivity index (χ4v) is 3.89. The van der Waals surface area contributed by atoms with Crippen LogP contribution in [0.25, 0.3) is 0 Å². The summed E-state index contributed by atoms with van der Waals surface area (Å²) in [5, 5.41) is 9.51. The second kappa shape index (κ2) is 5.20. The predicted molar refractivity (Wildman–Crippen MR) is 72.6 cm³/mol. The number of hydrogen-bond acceptors (Lipinski definition) is 2. The minimum Gasteiger partial charge on any atom is -0.480 e. The van der Waals surface area contributed by atoms with Gasteiger partial charge in [-0.15, -0.1) is 0 Å². The Morgan fingerprint density at radius 3 is 2.67 bits per heavy atom.